The zero-order valence-corrected chi connectivity index (χ0v) is 18.5. The van der Waals surface area contributed by atoms with E-state index < -0.39 is 0 Å². The lowest BCUT2D eigenvalue weighted by Crippen LogP contribution is -2.64. The molecule has 0 N–H and O–H groups in total. The number of piperazine rings is 2. The lowest BCUT2D eigenvalue weighted by Gasteiger charge is -2.44. The topological polar surface area (TPSA) is 66.7 Å². The van der Waals surface area contributed by atoms with Crippen LogP contribution in [0.3, 0.4) is 0 Å². The summed E-state index contributed by atoms with van der Waals surface area (Å²) >= 11 is 1.63. The quantitative estimate of drug-likeness (QED) is 0.687. The van der Waals surface area contributed by atoms with E-state index in [4.69, 9.17) is 0 Å². The van der Waals surface area contributed by atoms with Crippen molar-refractivity contribution < 1.29 is 4.79 Å². The van der Waals surface area contributed by atoms with Crippen molar-refractivity contribution in [2.75, 3.05) is 49.1 Å². The van der Waals surface area contributed by atoms with Crippen LogP contribution in [0.5, 0.6) is 0 Å². The molecular formula is C23H28N6OS. The normalized spacial score (nSPS) is 24.7. The third-order valence-corrected chi connectivity index (χ3v) is 7.79. The summed E-state index contributed by atoms with van der Waals surface area (Å²) in [6.45, 7) is 4.51. The van der Waals surface area contributed by atoms with Gasteiger partial charge in [-0.15, -0.1) is 0 Å². The summed E-state index contributed by atoms with van der Waals surface area (Å²) in [4.78, 5) is 26.1. The molecule has 5 rings (SSSR count). The number of nitriles is 1. The molecule has 1 aromatic carbocycles. The van der Waals surface area contributed by atoms with Crippen LogP contribution in [0.15, 0.2) is 36.5 Å². The number of rotatable bonds is 4. The first-order valence-corrected chi connectivity index (χ1v) is 12.0. The summed E-state index contributed by atoms with van der Waals surface area (Å²) in [5, 5.41) is 11.2. The fourth-order valence-electron chi connectivity index (χ4n) is 5.03. The van der Waals surface area contributed by atoms with Crippen LogP contribution in [0.1, 0.15) is 24.8 Å². The summed E-state index contributed by atoms with van der Waals surface area (Å²) < 4.78 is 0. The first-order valence-electron chi connectivity index (χ1n) is 11.2. The van der Waals surface area contributed by atoms with Crippen molar-refractivity contribution in [3.05, 3.63) is 42.1 Å². The second-order valence-electron chi connectivity index (χ2n) is 8.60. The van der Waals surface area contributed by atoms with Crippen LogP contribution in [0.25, 0.3) is 0 Å². The van der Waals surface area contributed by atoms with Crippen LogP contribution in [0.4, 0.5) is 10.1 Å². The number of anilines is 2. The summed E-state index contributed by atoms with van der Waals surface area (Å²) in [6.07, 6.45) is 8.83. The number of piperidine rings is 1. The third kappa shape index (κ3) is 4.12. The molecule has 1 amide bonds. The van der Waals surface area contributed by atoms with Gasteiger partial charge in [0.1, 0.15) is 11.0 Å². The van der Waals surface area contributed by atoms with E-state index >= 15 is 0 Å². The molecule has 8 heteroatoms. The van der Waals surface area contributed by atoms with Gasteiger partial charge in [0, 0.05) is 38.8 Å². The van der Waals surface area contributed by atoms with E-state index in [2.05, 4.69) is 51.3 Å². The van der Waals surface area contributed by atoms with Crippen molar-refractivity contribution in [3.63, 3.8) is 0 Å². The number of nitrogens with zero attached hydrogens (tertiary/aromatic N) is 6. The van der Waals surface area contributed by atoms with Gasteiger partial charge in [-0.25, -0.2) is 4.98 Å². The van der Waals surface area contributed by atoms with Crippen molar-refractivity contribution in [1.29, 1.82) is 5.26 Å². The summed E-state index contributed by atoms with van der Waals surface area (Å²) in [6, 6.07) is 10.9. The number of carbonyl (C=O) groups is 1. The van der Waals surface area contributed by atoms with E-state index in [0.717, 1.165) is 36.2 Å². The lowest BCUT2D eigenvalue weighted by atomic mass is 9.96. The van der Waals surface area contributed by atoms with Crippen molar-refractivity contribution in [2.24, 2.45) is 0 Å². The number of benzene rings is 1. The Balaban J connectivity index is 1.32. The van der Waals surface area contributed by atoms with Crippen molar-refractivity contribution >= 4 is 27.4 Å². The highest BCUT2D eigenvalue weighted by atomic mass is 32.1. The van der Waals surface area contributed by atoms with Gasteiger partial charge in [0.25, 0.3) is 0 Å². The fraction of sp³-hybridized carbons (Fsp3) is 0.522. The molecule has 0 saturated carbocycles. The van der Waals surface area contributed by atoms with E-state index in [0.29, 0.717) is 25.7 Å². The van der Waals surface area contributed by atoms with Gasteiger partial charge in [-0.05, 0) is 31.2 Å². The SMILES string of the molecule is N#CN1CCN2CCN(c3ncc(N4CCCC[C@H]4Cc4ccccc4)s3)C(=O)[C@@H]2C1. The molecule has 0 spiro atoms. The number of thiazole rings is 1. The van der Waals surface area contributed by atoms with Crippen molar-refractivity contribution in [2.45, 2.75) is 37.8 Å². The standard InChI is InChI=1S/C23H28N6OS/c24-17-26-10-11-27-12-13-29(22(30)20(27)16-26)23-25-15-21(31-23)28-9-5-4-8-19(28)14-18-6-2-1-3-7-18/h1-3,6-7,15,19-20H,4-5,8-14,16H2/t19-,20-/m0/s1. The number of amides is 1. The van der Waals surface area contributed by atoms with Gasteiger partial charge >= 0.3 is 0 Å². The zero-order valence-electron chi connectivity index (χ0n) is 17.7. The predicted octanol–water partition coefficient (Wildman–Crippen LogP) is 2.56. The van der Waals surface area contributed by atoms with Crippen LogP contribution in [-0.4, -0.2) is 72.0 Å². The Morgan fingerprint density at radius 2 is 1.94 bits per heavy atom. The smallest absolute Gasteiger partial charge is 0.248 e. The molecule has 7 nitrogen and oxygen atoms in total. The van der Waals surface area contributed by atoms with E-state index in [1.165, 1.54) is 24.8 Å². The Bertz CT molecular complexity index is 956. The molecule has 162 valence electrons. The minimum Gasteiger partial charge on any atom is -0.359 e. The van der Waals surface area contributed by atoms with Crippen LogP contribution >= 0.6 is 11.3 Å². The van der Waals surface area contributed by atoms with E-state index in [9.17, 15) is 10.1 Å². The Hall–Kier alpha value is -2.63. The first-order chi connectivity index (χ1) is 15.2. The van der Waals surface area contributed by atoms with E-state index in [1.807, 2.05) is 11.1 Å². The molecule has 1 aromatic heterocycles. The number of hydrogen-bond acceptors (Lipinski definition) is 7. The molecule has 0 radical (unpaired) electrons. The second kappa shape index (κ2) is 8.85. The van der Waals surface area contributed by atoms with Gasteiger partial charge in [0.2, 0.25) is 5.91 Å². The molecule has 0 bridgehead atoms. The molecule has 4 heterocycles. The minimum atomic E-state index is -0.240. The first kappa shape index (κ1) is 20.3. The molecule has 3 aliphatic heterocycles. The molecule has 31 heavy (non-hydrogen) atoms. The molecule has 2 aromatic rings. The number of hydrogen-bond donors (Lipinski definition) is 0. The molecular weight excluding hydrogens is 408 g/mol. The maximum atomic E-state index is 13.2. The predicted molar refractivity (Wildman–Crippen MR) is 122 cm³/mol. The highest BCUT2D eigenvalue weighted by molar-refractivity contribution is 7.19. The molecule has 0 aliphatic carbocycles. The van der Waals surface area contributed by atoms with E-state index in [1.54, 1.807) is 16.2 Å². The van der Waals surface area contributed by atoms with Gasteiger partial charge in [0.15, 0.2) is 11.3 Å². The van der Waals surface area contributed by atoms with Gasteiger partial charge in [-0.2, -0.15) is 5.26 Å². The van der Waals surface area contributed by atoms with Gasteiger partial charge in [0.05, 0.1) is 12.7 Å². The summed E-state index contributed by atoms with van der Waals surface area (Å²) in [5.41, 5.74) is 1.37. The zero-order chi connectivity index (χ0) is 21.2. The monoisotopic (exact) mass is 436 g/mol. The Labute approximate surface area is 187 Å². The minimum absolute atomic E-state index is 0.0755. The largest absolute Gasteiger partial charge is 0.359 e. The Morgan fingerprint density at radius 1 is 1.10 bits per heavy atom. The fourth-order valence-corrected chi connectivity index (χ4v) is 6.07. The van der Waals surface area contributed by atoms with Crippen LogP contribution < -0.4 is 9.80 Å². The van der Waals surface area contributed by atoms with Gasteiger partial charge < -0.3 is 9.80 Å². The average Bonchev–Trinajstić information content (AvgIpc) is 3.30. The molecule has 3 aliphatic rings. The second-order valence-corrected chi connectivity index (χ2v) is 9.59. The Morgan fingerprint density at radius 3 is 2.77 bits per heavy atom. The highest BCUT2D eigenvalue weighted by Gasteiger charge is 2.40. The van der Waals surface area contributed by atoms with Crippen LogP contribution in [0, 0.1) is 11.5 Å². The summed E-state index contributed by atoms with van der Waals surface area (Å²) in [5.74, 6) is 0.0755. The van der Waals surface area contributed by atoms with Gasteiger partial charge in [-0.1, -0.05) is 41.7 Å². The lowest BCUT2D eigenvalue weighted by molar-refractivity contribution is -0.127. The molecule has 0 unspecified atom stereocenters. The average molecular weight is 437 g/mol. The maximum Gasteiger partial charge on any atom is 0.248 e. The Kier molecular flexibility index (Phi) is 5.79. The number of carbonyl (C=O) groups excluding carboxylic acids is 1. The number of fused-ring (bicyclic) bond motifs is 1. The van der Waals surface area contributed by atoms with Crippen molar-refractivity contribution in [3.8, 4) is 6.19 Å². The van der Waals surface area contributed by atoms with Crippen molar-refractivity contribution in [1.82, 2.24) is 14.8 Å². The van der Waals surface area contributed by atoms with Crippen LogP contribution in [0.2, 0.25) is 0 Å². The third-order valence-electron chi connectivity index (χ3n) is 6.73. The maximum absolute atomic E-state index is 13.2. The summed E-state index contributed by atoms with van der Waals surface area (Å²) in [7, 11) is 0. The molecule has 3 saturated heterocycles. The highest BCUT2D eigenvalue weighted by Crippen LogP contribution is 2.36. The molecule has 2 atom stereocenters. The van der Waals surface area contributed by atoms with Gasteiger partial charge in [-0.3, -0.25) is 14.6 Å². The van der Waals surface area contributed by atoms with Crippen LogP contribution in [-0.2, 0) is 11.2 Å². The number of aromatic nitrogens is 1. The van der Waals surface area contributed by atoms with E-state index in [-0.39, 0.29) is 11.9 Å². The molecule has 3 fully saturated rings.